The zero-order chi connectivity index (χ0) is 13.4. The minimum absolute atomic E-state index is 0.625. The SMILES string of the molecule is CCNC(Cc1ccc(C)cc1Cl)C1C2CCCC21. The number of hydrogen-bond acceptors (Lipinski definition) is 1. The Balaban J connectivity index is 1.71. The fourth-order valence-electron chi connectivity index (χ4n) is 4.14. The molecule has 2 heteroatoms. The fourth-order valence-corrected chi connectivity index (χ4v) is 4.45. The molecule has 2 aliphatic carbocycles. The van der Waals surface area contributed by atoms with Gasteiger partial charge in [-0.2, -0.15) is 0 Å². The smallest absolute Gasteiger partial charge is 0.0441 e. The van der Waals surface area contributed by atoms with Crippen LogP contribution in [0.5, 0.6) is 0 Å². The lowest BCUT2D eigenvalue weighted by Crippen LogP contribution is -2.34. The van der Waals surface area contributed by atoms with E-state index in [0.717, 1.165) is 35.7 Å². The van der Waals surface area contributed by atoms with Crippen LogP contribution in [0.15, 0.2) is 18.2 Å². The van der Waals surface area contributed by atoms with Gasteiger partial charge in [0.1, 0.15) is 0 Å². The number of fused-ring (bicyclic) bond motifs is 1. The van der Waals surface area contributed by atoms with Gasteiger partial charge in [-0.1, -0.05) is 37.1 Å². The molecule has 0 aromatic heterocycles. The lowest BCUT2D eigenvalue weighted by atomic mass is 9.96. The van der Waals surface area contributed by atoms with Gasteiger partial charge in [-0.05, 0) is 67.7 Å². The summed E-state index contributed by atoms with van der Waals surface area (Å²) in [4.78, 5) is 0. The Morgan fingerprint density at radius 2 is 2.05 bits per heavy atom. The molecule has 2 fully saturated rings. The summed E-state index contributed by atoms with van der Waals surface area (Å²) in [5.41, 5.74) is 2.56. The predicted molar refractivity (Wildman–Crippen MR) is 81.7 cm³/mol. The summed E-state index contributed by atoms with van der Waals surface area (Å²) in [5.74, 6) is 2.92. The molecule has 3 atom stereocenters. The Morgan fingerprint density at radius 1 is 1.32 bits per heavy atom. The second kappa shape index (κ2) is 5.46. The Kier molecular flexibility index (Phi) is 3.86. The third kappa shape index (κ3) is 2.68. The molecule has 104 valence electrons. The Hall–Kier alpha value is -0.530. The molecule has 1 aromatic rings. The molecule has 1 N–H and O–H groups in total. The normalized spacial score (nSPS) is 30.2. The summed E-state index contributed by atoms with van der Waals surface area (Å²) in [6, 6.07) is 7.10. The first-order chi connectivity index (χ1) is 9.20. The number of hydrogen-bond donors (Lipinski definition) is 1. The number of halogens is 1. The fraction of sp³-hybridized carbons (Fsp3) is 0.647. The summed E-state index contributed by atoms with van der Waals surface area (Å²) in [6.45, 7) is 5.37. The zero-order valence-corrected chi connectivity index (χ0v) is 12.7. The van der Waals surface area contributed by atoms with Gasteiger partial charge < -0.3 is 5.32 Å². The first kappa shape index (κ1) is 13.5. The molecule has 0 bridgehead atoms. The van der Waals surface area contributed by atoms with Crippen molar-refractivity contribution in [3.63, 3.8) is 0 Å². The van der Waals surface area contributed by atoms with Crippen molar-refractivity contribution in [2.45, 2.75) is 45.6 Å². The summed E-state index contributed by atoms with van der Waals surface area (Å²) in [7, 11) is 0. The highest BCUT2D eigenvalue weighted by atomic mass is 35.5. The van der Waals surface area contributed by atoms with Crippen LogP contribution < -0.4 is 5.32 Å². The van der Waals surface area contributed by atoms with E-state index in [1.165, 1.54) is 30.4 Å². The topological polar surface area (TPSA) is 12.0 Å². The number of nitrogens with one attached hydrogen (secondary N) is 1. The Labute approximate surface area is 121 Å². The van der Waals surface area contributed by atoms with Crippen molar-refractivity contribution in [1.82, 2.24) is 5.32 Å². The van der Waals surface area contributed by atoms with Crippen LogP contribution in [-0.2, 0) is 6.42 Å². The van der Waals surface area contributed by atoms with Gasteiger partial charge >= 0.3 is 0 Å². The van der Waals surface area contributed by atoms with E-state index in [9.17, 15) is 0 Å². The van der Waals surface area contributed by atoms with E-state index in [1.54, 1.807) is 0 Å². The molecule has 0 amide bonds. The van der Waals surface area contributed by atoms with Gasteiger partial charge in [-0.15, -0.1) is 0 Å². The van der Waals surface area contributed by atoms with Crippen LogP contribution in [0.4, 0.5) is 0 Å². The second-order valence-electron chi connectivity index (χ2n) is 6.30. The second-order valence-corrected chi connectivity index (χ2v) is 6.71. The maximum Gasteiger partial charge on any atom is 0.0441 e. The summed E-state index contributed by atoms with van der Waals surface area (Å²) in [6.07, 6.45) is 5.46. The first-order valence-corrected chi connectivity index (χ1v) is 8.07. The van der Waals surface area contributed by atoms with Crippen LogP contribution in [0.25, 0.3) is 0 Å². The first-order valence-electron chi connectivity index (χ1n) is 7.69. The highest BCUT2D eigenvalue weighted by Gasteiger charge is 2.55. The standard InChI is InChI=1S/C17H24ClN/c1-3-19-16(17-13-5-4-6-14(13)17)10-12-8-7-11(2)9-15(12)18/h7-9,13-14,16-17,19H,3-6,10H2,1-2H3. The van der Waals surface area contributed by atoms with Crippen LogP contribution >= 0.6 is 11.6 Å². The van der Waals surface area contributed by atoms with Crippen molar-refractivity contribution in [3.05, 3.63) is 34.3 Å². The average Bonchev–Trinajstić information content (AvgIpc) is 2.85. The quantitative estimate of drug-likeness (QED) is 0.850. The summed E-state index contributed by atoms with van der Waals surface area (Å²) >= 11 is 6.39. The molecule has 3 unspecified atom stereocenters. The van der Waals surface area contributed by atoms with E-state index in [-0.39, 0.29) is 0 Å². The molecule has 1 aromatic carbocycles. The van der Waals surface area contributed by atoms with E-state index in [1.807, 2.05) is 0 Å². The average molecular weight is 278 g/mol. The maximum atomic E-state index is 6.39. The van der Waals surface area contributed by atoms with Crippen LogP contribution in [0, 0.1) is 24.7 Å². The molecule has 0 heterocycles. The van der Waals surface area contributed by atoms with Gasteiger partial charge in [0.2, 0.25) is 0 Å². The van der Waals surface area contributed by atoms with Crippen LogP contribution in [-0.4, -0.2) is 12.6 Å². The molecule has 2 aliphatic rings. The molecular formula is C17H24ClN. The minimum Gasteiger partial charge on any atom is -0.314 e. The lowest BCUT2D eigenvalue weighted by molar-refractivity contribution is 0.411. The van der Waals surface area contributed by atoms with Gasteiger partial charge in [0, 0.05) is 11.1 Å². The van der Waals surface area contributed by atoms with E-state index in [2.05, 4.69) is 37.4 Å². The lowest BCUT2D eigenvalue weighted by Gasteiger charge is -2.20. The van der Waals surface area contributed by atoms with Gasteiger partial charge in [0.05, 0.1) is 0 Å². The molecule has 0 spiro atoms. The molecular weight excluding hydrogens is 254 g/mol. The molecule has 3 rings (SSSR count). The molecule has 0 aliphatic heterocycles. The van der Waals surface area contributed by atoms with E-state index in [0.29, 0.717) is 6.04 Å². The van der Waals surface area contributed by atoms with E-state index >= 15 is 0 Å². The minimum atomic E-state index is 0.625. The molecule has 19 heavy (non-hydrogen) atoms. The van der Waals surface area contributed by atoms with Crippen molar-refractivity contribution >= 4 is 11.6 Å². The van der Waals surface area contributed by atoms with Gasteiger partial charge in [-0.25, -0.2) is 0 Å². The summed E-state index contributed by atoms with van der Waals surface area (Å²) < 4.78 is 0. The molecule has 0 radical (unpaired) electrons. The number of likely N-dealkylation sites (N-methyl/N-ethyl adjacent to an activating group) is 1. The van der Waals surface area contributed by atoms with Crippen LogP contribution in [0.1, 0.15) is 37.3 Å². The number of benzene rings is 1. The van der Waals surface area contributed by atoms with Gasteiger partial charge in [0.25, 0.3) is 0 Å². The van der Waals surface area contributed by atoms with Crippen molar-refractivity contribution in [1.29, 1.82) is 0 Å². The van der Waals surface area contributed by atoms with Crippen molar-refractivity contribution < 1.29 is 0 Å². The molecule has 0 saturated heterocycles. The number of rotatable bonds is 5. The number of aryl methyl sites for hydroxylation is 1. The Bertz CT molecular complexity index is 447. The van der Waals surface area contributed by atoms with Gasteiger partial charge in [0.15, 0.2) is 0 Å². The van der Waals surface area contributed by atoms with Gasteiger partial charge in [-0.3, -0.25) is 0 Å². The Morgan fingerprint density at radius 3 is 2.68 bits per heavy atom. The van der Waals surface area contributed by atoms with E-state index < -0.39 is 0 Å². The van der Waals surface area contributed by atoms with Crippen LogP contribution in [0.2, 0.25) is 5.02 Å². The highest BCUT2D eigenvalue weighted by molar-refractivity contribution is 6.31. The van der Waals surface area contributed by atoms with Crippen LogP contribution in [0.3, 0.4) is 0 Å². The van der Waals surface area contributed by atoms with E-state index in [4.69, 9.17) is 11.6 Å². The molecule has 1 nitrogen and oxygen atoms in total. The maximum absolute atomic E-state index is 6.39. The third-order valence-electron chi connectivity index (χ3n) is 5.05. The monoisotopic (exact) mass is 277 g/mol. The van der Waals surface area contributed by atoms with Crippen molar-refractivity contribution in [2.75, 3.05) is 6.54 Å². The zero-order valence-electron chi connectivity index (χ0n) is 12.0. The molecule has 2 saturated carbocycles. The predicted octanol–water partition coefficient (Wildman–Crippen LogP) is 4.22. The highest BCUT2D eigenvalue weighted by Crippen LogP contribution is 2.59. The largest absolute Gasteiger partial charge is 0.314 e. The van der Waals surface area contributed by atoms with Crippen molar-refractivity contribution in [2.24, 2.45) is 17.8 Å². The third-order valence-corrected chi connectivity index (χ3v) is 5.40. The van der Waals surface area contributed by atoms with Crippen molar-refractivity contribution in [3.8, 4) is 0 Å². The summed E-state index contributed by atoms with van der Waals surface area (Å²) in [5, 5.41) is 4.64.